The number of amides is 1. The number of para-hydroxylation sites is 2. The van der Waals surface area contributed by atoms with Crippen LogP contribution in [0.4, 0.5) is 5.69 Å². The van der Waals surface area contributed by atoms with Crippen LogP contribution in [0, 0.1) is 0 Å². The van der Waals surface area contributed by atoms with Crippen molar-refractivity contribution in [2.24, 2.45) is 0 Å². The average Bonchev–Trinajstić information content (AvgIpc) is 2.95. The smallest absolute Gasteiger partial charge is 0.243 e. The van der Waals surface area contributed by atoms with Gasteiger partial charge in [0.1, 0.15) is 0 Å². The van der Waals surface area contributed by atoms with E-state index in [1.807, 2.05) is 24.3 Å². The van der Waals surface area contributed by atoms with Gasteiger partial charge in [-0.05, 0) is 43.2 Å². The second-order valence-electron chi connectivity index (χ2n) is 7.24. The van der Waals surface area contributed by atoms with Crippen molar-refractivity contribution in [3.63, 3.8) is 0 Å². The number of sulfonamides is 1. The van der Waals surface area contributed by atoms with Gasteiger partial charge in [0.2, 0.25) is 15.9 Å². The minimum atomic E-state index is -3.55. The van der Waals surface area contributed by atoms with Crippen molar-refractivity contribution in [2.75, 3.05) is 24.2 Å². The Balaban J connectivity index is 1.40. The van der Waals surface area contributed by atoms with Gasteiger partial charge in [-0.15, -0.1) is 0 Å². The summed E-state index contributed by atoms with van der Waals surface area (Å²) in [4.78, 5) is 20.2. The van der Waals surface area contributed by atoms with E-state index in [1.54, 1.807) is 22.5 Å². The molecule has 2 N–H and O–H groups in total. The van der Waals surface area contributed by atoms with Gasteiger partial charge in [0.15, 0.2) is 5.16 Å². The van der Waals surface area contributed by atoms with Crippen molar-refractivity contribution in [3.8, 4) is 0 Å². The summed E-state index contributed by atoms with van der Waals surface area (Å²) in [6.45, 7) is 1.10. The molecule has 0 bridgehead atoms. The van der Waals surface area contributed by atoms with Crippen molar-refractivity contribution >= 4 is 44.4 Å². The van der Waals surface area contributed by atoms with Crippen LogP contribution in [0.25, 0.3) is 11.0 Å². The van der Waals surface area contributed by atoms with E-state index in [1.165, 1.54) is 17.8 Å². The van der Waals surface area contributed by atoms with E-state index in [4.69, 9.17) is 0 Å². The summed E-state index contributed by atoms with van der Waals surface area (Å²) in [5.74, 6) is -0.0482. The molecule has 0 radical (unpaired) electrons. The molecule has 9 heteroatoms. The molecule has 0 spiro atoms. The molecule has 158 valence electrons. The minimum absolute atomic E-state index is 0.170. The summed E-state index contributed by atoms with van der Waals surface area (Å²) in [5, 5.41) is 3.46. The molecule has 1 saturated heterocycles. The number of nitrogens with one attached hydrogen (secondary N) is 2. The summed E-state index contributed by atoms with van der Waals surface area (Å²) in [6.07, 6.45) is 3.89. The summed E-state index contributed by atoms with van der Waals surface area (Å²) in [7, 11) is -3.55. The van der Waals surface area contributed by atoms with Gasteiger partial charge >= 0.3 is 0 Å². The van der Waals surface area contributed by atoms with Crippen LogP contribution in [-0.4, -0.2) is 47.4 Å². The third kappa shape index (κ3) is 4.85. The highest BCUT2D eigenvalue weighted by Crippen LogP contribution is 2.23. The van der Waals surface area contributed by atoms with Crippen molar-refractivity contribution in [3.05, 3.63) is 48.5 Å². The summed E-state index contributed by atoms with van der Waals surface area (Å²) >= 11 is 1.30. The van der Waals surface area contributed by atoms with E-state index in [0.29, 0.717) is 23.9 Å². The Kier molecular flexibility index (Phi) is 6.40. The molecule has 0 unspecified atom stereocenters. The second-order valence-corrected chi connectivity index (χ2v) is 10.1. The highest BCUT2D eigenvalue weighted by molar-refractivity contribution is 7.99. The van der Waals surface area contributed by atoms with Crippen LogP contribution in [0.5, 0.6) is 0 Å². The van der Waals surface area contributed by atoms with E-state index in [9.17, 15) is 13.2 Å². The molecule has 2 heterocycles. The first kappa shape index (κ1) is 20.9. The fourth-order valence-electron chi connectivity index (χ4n) is 3.49. The van der Waals surface area contributed by atoms with Crippen LogP contribution >= 0.6 is 11.8 Å². The maximum atomic E-state index is 13.0. The highest BCUT2D eigenvalue weighted by atomic mass is 32.2. The number of thioether (sulfide) groups is 1. The maximum Gasteiger partial charge on any atom is 0.243 e. The molecule has 0 atom stereocenters. The van der Waals surface area contributed by atoms with Crippen molar-refractivity contribution < 1.29 is 13.2 Å². The van der Waals surface area contributed by atoms with Gasteiger partial charge in [0.05, 0.1) is 21.7 Å². The van der Waals surface area contributed by atoms with Crippen LogP contribution in [0.15, 0.2) is 58.6 Å². The number of carbonyl (C=O) groups is 1. The van der Waals surface area contributed by atoms with E-state index >= 15 is 0 Å². The standard InChI is InChI=1S/C21H24N4O3S2/c26-20(15-29-21-23-18-10-3-4-11-19(18)24-21)22-16-8-7-9-17(14-16)30(27,28)25-12-5-1-2-6-13-25/h3-4,7-11,14H,1-2,5-6,12-13,15H2,(H,22,26)(H,23,24). The van der Waals surface area contributed by atoms with Gasteiger partial charge in [-0.2, -0.15) is 4.31 Å². The van der Waals surface area contributed by atoms with Crippen LogP contribution < -0.4 is 5.32 Å². The molecular formula is C21H24N4O3S2. The molecule has 3 aromatic rings. The number of hydrogen-bond acceptors (Lipinski definition) is 5. The van der Waals surface area contributed by atoms with E-state index in [0.717, 1.165) is 36.7 Å². The number of carbonyl (C=O) groups excluding carboxylic acids is 1. The number of benzene rings is 2. The van der Waals surface area contributed by atoms with Crippen molar-refractivity contribution in [1.29, 1.82) is 0 Å². The third-order valence-electron chi connectivity index (χ3n) is 5.03. The highest BCUT2D eigenvalue weighted by Gasteiger charge is 2.25. The van der Waals surface area contributed by atoms with Gasteiger partial charge in [0.25, 0.3) is 0 Å². The lowest BCUT2D eigenvalue weighted by molar-refractivity contribution is -0.113. The number of aromatic nitrogens is 2. The van der Waals surface area contributed by atoms with Crippen LogP contribution in [0.3, 0.4) is 0 Å². The number of aromatic amines is 1. The van der Waals surface area contributed by atoms with Crippen LogP contribution in [0.1, 0.15) is 25.7 Å². The first-order valence-electron chi connectivity index (χ1n) is 10.00. The predicted molar refractivity (Wildman–Crippen MR) is 119 cm³/mol. The Morgan fingerprint density at radius 3 is 2.60 bits per heavy atom. The number of rotatable bonds is 6. The van der Waals surface area contributed by atoms with Crippen molar-refractivity contribution in [2.45, 2.75) is 35.7 Å². The molecule has 0 saturated carbocycles. The van der Waals surface area contributed by atoms with Gasteiger partial charge in [-0.1, -0.05) is 42.8 Å². The molecule has 1 aromatic heterocycles. The molecule has 1 aliphatic rings. The molecule has 1 aliphatic heterocycles. The zero-order valence-corrected chi connectivity index (χ0v) is 18.1. The Morgan fingerprint density at radius 1 is 1.07 bits per heavy atom. The lowest BCUT2D eigenvalue weighted by Gasteiger charge is -2.20. The second kappa shape index (κ2) is 9.20. The van der Waals surface area contributed by atoms with Gasteiger partial charge in [0, 0.05) is 18.8 Å². The predicted octanol–water partition coefficient (Wildman–Crippen LogP) is 3.86. The lowest BCUT2D eigenvalue weighted by atomic mass is 10.2. The van der Waals surface area contributed by atoms with Gasteiger partial charge < -0.3 is 10.3 Å². The average molecular weight is 445 g/mol. The third-order valence-corrected chi connectivity index (χ3v) is 7.80. The topological polar surface area (TPSA) is 95.2 Å². The van der Waals surface area contributed by atoms with E-state index in [2.05, 4.69) is 15.3 Å². The monoisotopic (exact) mass is 444 g/mol. The Morgan fingerprint density at radius 2 is 1.83 bits per heavy atom. The lowest BCUT2D eigenvalue weighted by Crippen LogP contribution is -2.32. The number of anilines is 1. The summed E-state index contributed by atoms with van der Waals surface area (Å²) in [6, 6.07) is 14.2. The first-order chi connectivity index (χ1) is 14.5. The van der Waals surface area contributed by atoms with Gasteiger partial charge in [-0.25, -0.2) is 13.4 Å². The van der Waals surface area contributed by atoms with Crippen molar-refractivity contribution in [1.82, 2.24) is 14.3 Å². The molecule has 30 heavy (non-hydrogen) atoms. The molecule has 1 fully saturated rings. The number of H-pyrrole nitrogens is 1. The Labute approximate surface area is 180 Å². The first-order valence-corrected chi connectivity index (χ1v) is 12.4. The number of fused-ring (bicyclic) bond motifs is 1. The fourth-order valence-corrected chi connectivity index (χ4v) is 5.74. The van der Waals surface area contributed by atoms with E-state index < -0.39 is 10.0 Å². The quantitative estimate of drug-likeness (QED) is 0.563. The maximum absolute atomic E-state index is 13.0. The molecule has 0 aliphatic carbocycles. The Bertz CT molecular complexity index is 1100. The Hall–Kier alpha value is -2.36. The molecule has 4 rings (SSSR count). The fraction of sp³-hybridized carbons (Fsp3) is 0.333. The zero-order valence-electron chi connectivity index (χ0n) is 16.5. The number of hydrogen-bond donors (Lipinski definition) is 2. The molecule has 2 aromatic carbocycles. The zero-order chi connectivity index (χ0) is 21.0. The molecular weight excluding hydrogens is 420 g/mol. The number of nitrogens with zero attached hydrogens (tertiary/aromatic N) is 2. The summed E-state index contributed by atoms with van der Waals surface area (Å²) < 4.78 is 27.5. The minimum Gasteiger partial charge on any atom is -0.333 e. The van der Waals surface area contributed by atoms with E-state index in [-0.39, 0.29) is 16.6 Å². The number of imidazole rings is 1. The summed E-state index contributed by atoms with van der Waals surface area (Å²) in [5.41, 5.74) is 2.25. The van der Waals surface area contributed by atoms with Gasteiger partial charge in [-0.3, -0.25) is 4.79 Å². The van der Waals surface area contributed by atoms with Crippen LogP contribution in [0.2, 0.25) is 0 Å². The normalized spacial score (nSPS) is 15.7. The molecule has 1 amide bonds. The largest absolute Gasteiger partial charge is 0.333 e. The van der Waals surface area contributed by atoms with Crippen LogP contribution in [-0.2, 0) is 14.8 Å². The SMILES string of the molecule is O=C(CSc1nc2ccccc2[nH]1)Nc1cccc(S(=O)(=O)N2CCCCCC2)c1. The molecule has 7 nitrogen and oxygen atoms in total.